The van der Waals surface area contributed by atoms with Gasteiger partial charge in [0.25, 0.3) is 0 Å². The third-order valence-electron chi connectivity index (χ3n) is 6.20. The molecule has 0 fully saturated rings. The summed E-state index contributed by atoms with van der Waals surface area (Å²) in [6, 6.07) is 19.8. The summed E-state index contributed by atoms with van der Waals surface area (Å²) in [4.78, 5) is 4.93. The van der Waals surface area contributed by atoms with Crippen molar-refractivity contribution in [2.75, 3.05) is 6.54 Å². The fraction of sp³-hybridized carbons (Fsp3) is 0.483. The largest absolute Gasteiger partial charge is 0.367 e. The molecule has 2 heteroatoms. The maximum absolute atomic E-state index is 4.93. The molecule has 0 bridgehead atoms. The summed E-state index contributed by atoms with van der Waals surface area (Å²) in [6.45, 7) is 3.23. The van der Waals surface area contributed by atoms with Crippen molar-refractivity contribution in [3.8, 4) is 0 Å². The Hall–Kier alpha value is -2.35. The van der Waals surface area contributed by atoms with E-state index in [-0.39, 0.29) is 6.04 Å². The minimum absolute atomic E-state index is 0.289. The Balaban J connectivity index is 1.52. The van der Waals surface area contributed by atoms with Crippen LogP contribution in [-0.2, 0) is 6.42 Å². The smallest absolute Gasteiger partial charge is 0.0967 e. The van der Waals surface area contributed by atoms with Crippen LogP contribution >= 0.6 is 0 Å². The van der Waals surface area contributed by atoms with Crippen molar-refractivity contribution in [3.63, 3.8) is 0 Å². The second kappa shape index (κ2) is 13.9. The van der Waals surface area contributed by atoms with Gasteiger partial charge in [-0.15, -0.1) is 0 Å². The molecule has 2 aromatic carbocycles. The fourth-order valence-corrected chi connectivity index (χ4v) is 4.23. The summed E-state index contributed by atoms with van der Waals surface area (Å²) in [5.41, 5.74) is 3.93. The molecule has 0 saturated heterocycles. The van der Waals surface area contributed by atoms with Gasteiger partial charge in [-0.25, -0.2) is 0 Å². The molecule has 0 spiro atoms. The van der Waals surface area contributed by atoms with E-state index in [1.807, 2.05) is 0 Å². The molecule has 0 aliphatic carbocycles. The Labute approximate surface area is 189 Å². The van der Waals surface area contributed by atoms with E-state index in [9.17, 15) is 0 Å². The third kappa shape index (κ3) is 9.12. The average Bonchev–Trinajstić information content (AvgIpc) is 2.82. The molecule has 2 aromatic rings. The second-order valence-electron chi connectivity index (χ2n) is 8.89. The highest BCUT2D eigenvalue weighted by Gasteiger charge is 2.08. The Morgan fingerprint density at radius 1 is 0.806 bits per heavy atom. The predicted octanol–water partition coefficient (Wildman–Crippen LogP) is 7.91. The maximum Gasteiger partial charge on any atom is 0.0967 e. The Morgan fingerprint density at radius 2 is 1.45 bits per heavy atom. The van der Waals surface area contributed by atoms with E-state index in [4.69, 9.17) is 4.99 Å². The number of hydrogen-bond donors (Lipinski definition) is 1. The SMILES string of the molecule is CC(NC1=NCCCCCCCCCCC1)c1ccc(/C=C/Cc2ccccc2)cc1. The zero-order valence-corrected chi connectivity index (χ0v) is 19.4. The van der Waals surface area contributed by atoms with Gasteiger partial charge < -0.3 is 5.32 Å². The third-order valence-corrected chi connectivity index (χ3v) is 6.20. The summed E-state index contributed by atoms with van der Waals surface area (Å²) in [5, 5.41) is 3.72. The summed E-state index contributed by atoms with van der Waals surface area (Å²) in [6.07, 6.45) is 18.6. The molecule has 1 aliphatic rings. The van der Waals surface area contributed by atoms with Crippen molar-refractivity contribution in [2.24, 2.45) is 4.99 Å². The van der Waals surface area contributed by atoms with Crippen LogP contribution in [0.1, 0.15) is 93.9 Å². The molecule has 1 heterocycles. The number of amidine groups is 1. The van der Waals surface area contributed by atoms with Crippen LogP contribution in [0, 0.1) is 0 Å². The van der Waals surface area contributed by atoms with Crippen molar-refractivity contribution < 1.29 is 0 Å². The van der Waals surface area contributed by atoms with E-state index in [1.165, 1.54) is 80.3 Å². The number of benzene rings is 2. The topological polar surface area (TPSA) is 24.4 Å². The molecule has 3 rings (SSSR count). The van der Waals surface area contributed by atoms with E-state index in [0.29, 0.717) is 0 Å². The van der Waals surface area contributed by atoms with E-state index >= 15 is 0 Å². The van der Waals surface area contributed by atoms with Gasteiger partial charge >= 0.3 is 0 Å². The molecule has 0 saturated carbocycles. The van der Waals surface area contributed by atoms with Crippen LogP contribution < -0.4 is 5.32 Å². The first-order valence-electron chi connectivity index (χ1n) is 12.4. The van der Waals surface area contributed by atoms with Crippen molar-refractivity contribution in [2.45, 2.75) is 83.6 Å². The first-order chi connectivity index (χ1) is 15.3. The zero-order chi connectivity index (χ0) is 21.6. The lowest BCUT2D eigenvalue weighted by atomic mass is 10.0. The molecular weight excluding hydrogens is 376 g/mol. The molecule has 31 heavy (non-hydrogen) atoms. The van der Waals surface area contributed by atoms with Gasteiger partial charge in [0.2, 0.25) is 0 Å². The van der Waals surface area contributed by atoms with Crippen molar-refractivity contribution >= 4 is 11.9 Å². The highest BCUT2D eigenvalue weighted by molar-refractivity contribution is 5.82. The summed E-state index contributed by atoms with van der Waals surface area (Å²) in [5.74, 6) is 1.21. The lowest BCUT2D eigenvalue weighted by Gasteiger charge is -2.18. The van der Waals surface area contributed by atoms with Crippen molar-refractivity contribution in [3.05, 3.63) is 77.4 Å². The lowest BCUT2D eigenvalue weighted by molar-refractivity contribution is 0.566. The van der Waals surface area contributed by atoms with Crippen molar-refractivity contribution in [1.29, 1.82) is 0 Å². The average molecular weight is 417 g/mol. The summed E-state index contributed by atoms with van der Waals surface area (Å²) < 4.78 is 0. The molecule has 0 amide bonds. The van der Waals surface area contributed by atoms with E-state index < -0.39 is 0 Å². The van der Waals surface area contributed by atoms with Gasteiger partial charge in [0.15, 0.2) is 0 Å². The van der Waals surface area contributed by atoms with Gasteiger partial charge in [0.05, 0.1) is 5.84 Å². The number of aliphatic imine (C=N–C) groups is 1. The van der Waals surface area contributed by atoms with Gasteiger partial charge in [0, 0.05) is 19.0 Å². The summed E-state index contributed by atoms with van der Waals surface area (Å²) >= 11 is 0. The molecule has 2 nitrogen and oxygen atoms in total. The molecular formula is C29H40N2. The number of hydrogen-bond acceptors (Lipinski definition) is 2. The minimum Gasteiger partial charge on any atom is -0.367 e. The number of rotatable bonds is 5. The lowest BCUT2D eigenvalue weighted by Crippen LogP contribution is -2.27. The molecule has 0 radical (unpaired) electrons. The number of allylic oxidation sites excluding steroid dienone is 1. The van der Waals surface area contributed by atoms with Gasteiger partial charge in [0.1, 0.15) is 0 Å². The monoisotopic (exact) mass is 416 g/mol. The normalized spacial score (nSPS) is 17.8. The highest BCUT2D eigenvalue weighted by atomic mass is 15.0. The minimum atomic E-state index is 0.289. The van der Waals surface area contributed by atoms with Crippen LogP contribution in [0.25, 0.3) is 6.08 Å². The highest BCUT2D eigenvalue weighted by Crippen LogP contribution is 2.17. The zero-order valence-electron chi connectivity index (χ0n) is 19.4. The van der Waals surface area contributed by atoms with Crippen LogP contribution in [0.3, 0.4) is 0 Å². The molecule has 1 atom stereocenters. The van der Waals surface area contributed by atoms with E-state index in [0.717, 1.165) is 19.4 Å². The van der Waals surface area contributed by atoms with Crippen LogP contribution in [0.15, 0.2) is 65.7 Å². The van der Waals surface area contributed by atoms with Crippen LogP contribution in [0.2, 0.25) is 0 Å². The van der Waals surface area contributed by atoms with Gasteiger partial charge in [-0.1, -0.05) is 112 Å². The van der Waals surface area contributed by atoms with E-state index in [1.54, 1.807) is 0 Å². The van der Waals surface area contributed by atoms with Gasteiger partial charge in [-0.3, -0.25) is 4.99 Å². The van der Waals surface area contributed by atoms with Gasteiger partial charge in [-0.2, -0.15) is 0 Å². The Morgan fingerprint density at radius 3 is 2.16 bits per heavy atom. The fourth-order valence-electron chi connectivity index (χ4n) is 4.23. The molecule has 0 aromatic heterocycles. The second-order valence-corrected chi connectivity index (χ2v) is 8.89. The number of nitrogens with one attached hydrogen (secondary N) is 1. The van der Waals surface area contributed by atoms with Crippen molar-refractivity contribution in [1.82, 2.24) is 5.32 Å². The summed E-state index contributed by atoms with van der Waals surface area (Å²) in [7, 11) is 0. The Bertz CT molecular complexity index is 789. The maximum atomic E-state index is 4.93. The molecule has 166 valence electrons. The first kappa shape index (κ1) is 23.3. The van der Waals surface area contributed by atoms with Gasteiger partial charge in [-0.05, 0) is 42.9 Å². The number of nitrogens with zero attached hydrogens (tertiary/aromatic N) is 1. The predicted molar refractivity (Wildman–Crippen MR) is 136 cm³/mol. The van der Waals surface area contributed by atoms with E-state index in [2.05, 4.69) is 79.0 Å². The van der Waals surface area contributed by atoms with Crippen LogP contribution in [-0.4, -0.2) is 12.4 Å². The molecule has 1 N–H and O–H groups in total. The molecule has 1 unspecified atom stereocenters. The van der Waals surface area contributed by atoms with Crippen LogP contribution in [0.5, 0.6) is 0 Å². The Kier molecular flexibility index (Phi) is 10.4. The quantitative estimate of drug-likeness (QED) is 0.526. The molecule has 1 aliphatic heterocycles. The first-order valence-corrected chi connectivity index (χ1v) is 12.4. The standard InChI is InChI=1S/C29H40N2/c1-25(31-29-19-12-7-5-3-2-4-6-8-13-24-30-29)28-22-20-27(21-23-28)18-14-17-26-15-10-9-11-16-26/h9-11,14-16,18,20-23,25H,2-8,12-13,17,19,24H2,1H3,(H,30,31)/b18-14+. The van der Waals surface area contributed by atoms with Crippen LogP contribution in [0.4, 0.5) is 0 Å².